The Morgan fingerprint density at radius 1 is 1.50 bits per heavy atom. The van der Waals surface area contributed by atoms with Crippen molar-refractivity contribution >= 4 is 28.6 Å². The van der Waals surface area contributed by atoms with Crippen molar-refractivity contribution in [3.8, 4) is 0 Å². The Kier molecular flexibility index (Phi) is 4.16. The number of hydrogen-bond donors (Lipinski definition) is 1. The normalized spacial score (nSPS) is 36.1. The molecule has 0 aromatic carbocycles. The number of carbonyl (C=O) groups is 1. The van der Waals surface area contributed by atoms with Crippen molar-refractivity contribution in [3.05, 3.63) is 21.3 Å². The molecule has 2 aliphatic rings. The average Bonchev–Trinajstić information content (AvgIpc) is 2.63. The molecule has 1 aliphatic carbocycles. The lowest BCUT2D eigenvalue weighted by Crippen LogP contribution is -2.42. The zero-order valence-corrected chi connectivity index (χ0v) is 13.1. The number of carbonyl (C=O) groups excluding carboxylic acids is 1. The molecule has 0 bridgehead atoms. The summed E-state index contributed by atoms with van der Waals surface area (Å²) in [7, 11) is 0. The van der Waals surface area contributed by atoms with Crippen LogP contribution in [0.15, 0.2) is 21.3 Å². The van der Waals surface area contributed by atoms with E-state index < -0.39 is 5.60 Å². The molecule has 100 valence electrons. The molecular formula is C14H20INO2. The van der Waals surface area contributed by atoms with Gasteiger partial charge in [0.25, 0.3) is 0 Å². The lowest BCUT2D eigenvalue weighted by atomic mass is 9.76. The van der Waals surface area contributed by atoms with Gasteiger partial charge in [-0.05, 0) is 45.4 Å². The maximum Gasteiger partial charge on any atom is 0.314 e. The third-order valence-corrected chi connectivity index (χ3v) is 5.26. The van der Waals surface area contributed by atoms with Crippen LogP contribution in [0.25, 0.3) is 0 Å². The number of ether oxygens (including phenoxy) is 1. The minimum Gasteiger partial charge on any atom is -0.457 e. The van der Waals surface area contributed by atoms with E-state index in [1.807, 2.05) is 6.92 Å². The van der Waals surface area contributed by atoms with Crippen molar-refractivity contribution in [2.45, 2.75) is 38.7 Å². The summed E-state index contributed by atoms with van der Waals surface area (Å²) in [5, 5.41) is 0. The Hall–Kier alpha value is -0.360. The van der Waals surface area contributed by atoms with Crippen LogP contribution in [0.2, 0.25) is 0 Å². The van der Waals surface area contributed by atoms with E-state index in [1.54, 1.807) is 0 Å². The molecule has 4 heteroatoms. The monoisotopic (exact) mass is 361 g/mol. The maximum absolute atomic E-state index is 12.2. The van der Waals surface area contributed by atoms with Crippen LogP contribution in [-0.2, 0) is 9.53 Å². The number of hydrogen-bond acceptors (Lipinski definition) is 3. The molecule has 0 spiro atoms. The molecule has 1 saturated heterocycles. The van der Waals surface area contributed by atoms with Gasteiger partial charge in [-0.2, -0.15) is 0 Å². The first kappa shape index (κ1) is 14.1. The van der Waals surface area contributed by atoms with Crippen molar-refractivity contribution in [1.29, 1.82) is 0 Å². The lowest BCUT2D eigenvalue weighted by molar-refractivity contribution is -0.150. The highest BCUT2D eigenvalue weighted by Gasteiger charge is 2.52. The summed E-state index contributed by atoms with van der Waals surface area (Å²) in [6.45, 7) is 4.54. The van der Waals surface area contributed by atoms with Crippen molar-refractivity contribution < 1.29 is 9.53 Å². The van der Waals surface area contributed by atoms with E-state index in [1.165, 1.54) is 9.15 Å². The highest BCUT2D eigenvalue weighted by molar-refractivity contribution is 14.1. The fraction of sp³-hybridized carbons (Fsp3) is 0.643. The van der Waals surface area contributed by atoms with Crippen LogP contribution in [0.5, 0.6) is 0 Å². The van der Waals surface area contributed by atoms with Gasteiger partial charge in [-0.1, -0.05) is 31.6 Å². The second-order valence-electron chi connectivity index (χ2n) is 5.17. The number of halogens is 1. The number of allylic oxidation sites excluding steroid dienone is 3. The zero-order valence-electron chi connectivity index (χ0n) is 10.9. The van der Waals surface area contributed by atoms with E-state index in [-0.39, 0.29) is 17.8 Å². The van der Waals surface area contributed by atoms with E-state index in [0.717, 1.165) is 19.3 Å². The van der Waals surface area contributed by atoms with Crippen LogP contribution in [-0.4, -0.2) is 18.1 Å². The second kappa shape index (κ2) is 5.33. The van der Waals surface area contributed by atoms with Crippen molar-refractivity contribution in [1.82, 2.24) is 0 Å². The third kappa shape index (κ3) is 2.25. The van der Waals surface area contributed by atoms with E-state index in [2.05, 4.69) is 41.7 Å². The molecule has 1 aliphatic heterocycles. The fourth-order valence-electron chi connectivity index (χ4n) is 2.99. The first-order chi connectivity index (χ1) is 8.54. The summed E-state index contributed by atoms with van der Waals surface area (Å²) in [4.78, 5) is 12.2. The first-order valence-corrected chi connectivity index (χ1v) is 7.60. The highest BCUT2D eigenvalue weighted by Crippen LogP contribution is 2.44. The van der Waals surface area contributed by atoms with Crippen molar-refractivity contribution in [3.63, 3.8) is 0 Å². The Morgan fingerprint density at radius 2 is 2.22 bits per heavy atom. The minimum absolute atomic E-state index is 0.0913. The minimum atomic E-state index is -0.461. The smallest absolute Gasteiger partial charge is 0.314 e. The van der Waals surface area contributed by atoms with Gasteiger partial charge in [-0.3, -0.25) is 4.79 Å². The van der Waals surface area contributed by atoms with Gasteiger partial charge >= 0.3 is 5.97 Å². The number of nitrogens with two attached hydrogens (primary N) is 1. The topological polar surface area (TPSA) is 52.3 Å². The van der Waals surface area contributed by atoms with Crippen LogP contribution in [0, 0.1) is 11.8 Å². The fourth-order valence-corrected chi connectivity index (χ4v) is 3.44. The molecule has 0 saturated carbocycles. The summed E-state index contributed by atoms with van der Waals surface area (Å²) in [5.41, 5.74) is 6.58. The molecule has 3 unspecified atom stereocenters. The molecule has 1 fully saturated rings. The van der Waals surface area contributed by atoms with Gasteiger partial charge in [0, 0.05) is 12.5 Å². The Balaban J connectivity index is 2.27. The standard InChI is InChI=1S/C14H20INO2/c1-3-14(8-16)9(2)12(13(17)18-14)10-4-6-11(15)7-5-10/h4,6,9,12H,3,5,7-8,16H2,1-2H3. The highest BCUT2D eigenvalue weighted by atomic mass is 127. The first-order valence-electron chi connectivity index (χ1n) is 6.52. The molecule has 3 atom stereocenters. The van der Waals surface area contributed by atoms with E-state index in [0.29, 0.717) is 6.54 Å². The van der Waals surface area contributed by atoms with Crippen LogP contribution >= 0.6 is 22.6 Å². The molecule has 3 nitrogen and oxygen atoms in total. The molecule has 1 heterocycles. The molecule has 2 rings (SSSR count). The van der Waals surface area contributed by atoms with E-state index >= 15 is 0 Å². The Morgan fingerprint density at radius 3 is 2.67 bits per heavy atom. The molecular weight excluding hydrogens is 341 g/mol. The lowest BCUT2D eigenvalue weighted by Gasteiger charge is -2.30. The number of esters is 1. The Labute approximate surface area is 122 Å². The summed E-state index contributed by atoms with van der Waals surface area (Å²) in [5.74, 6) is -0.0315. The average molecular weight is 361 g/mol. The summed E-state index contributed by atoms with van der Waals surface area (Å²) >= 11 is 2.34. The van der Waals surface area contributed by atoms with Crippen LogP contribution < -0.4 is 5.73 Å². The molecule has 0 aromatic rings. The van der Waals surface area contributed by atoms with Crippen LogP contribution in [0.1, 0.15) is 33.1 Å². The summed E-state index contributed by atoms with van der Waals surface area (Å²) in [6, 6.07) is 0. The second-order valence-corrected chi connectivity index (χ2v) is 6.55. The number of rotatable bonds is 3. The molecule has 0 amide bonds. The van der Waals surface area contributed by atoms with Crippen molar-refractivity contribution in [2.75, 3.05) is 6.54 Å². The molecule has 0 radical (unpaired) electrons. The SMILES string of the molecule is CCC1(CN)OC(=O)C(C2=CC=C(I)CC2)C1C. The zero-order chi connectivity index (χ0) is 13.3. The summed E-state index contributed by atoms with van der Waals surface area (Å²) < 4.78 is 6.97. The van der Waals surface area contributed by atoms with Crippen molar-refractivity contribution in [2.24, 2.45) is 17.6 Å². The summed E-state index contributed by atoms with van der Waals surface area (Å²) in [6.07, 6.45) is 6.98. The largest absolute Gasteiger partial charge is 0.457 e. The molecule has 2 N–H and O–H groups in total. The predicted molar refractivity (Wildman–Crippen MR) is 80.2 cm³/mol. The maximum atomic E-state index is 12.2. The van der Waals surface area contributed by atoms with Gasteiger partial charge in [0.1, 0.15) is 5.60 Å². The number of cyclic esters (lactones) is 1. The van der Waals surface area contributed by atoms with Crippen LogP contribution in [0.4, 0.5) is 0 Å². The Bertz CT molecular complexity index is 410. The molecule has 18 heavy (non-hydrogen) atoms. The quantitative estimate of drug-likeness (QED) is 0.621. The van der Waals surface area contributed by atoms with Gasteiger partial charge in [0.05, 0.1) is 5.92 Å². The van der Waals surface area contributed by atoms with Gasteiger partial charge < -0.3 is 10.5 Å². The van der Waals surface area contributed by atoms with E-state index in [9.17, 15) is 4.79 Å². The van der Waals surface area contributed by atoms with Gasteiger partial charge in [-0.15, -0.1) is 0 Å². The molecule has 0 aromatic heterocycles. The van der Waals surface area contributed by atoms with Gasteiger partial charge in [0.2, 0.25) is 0 Å². The van der Waals surface area contributed by atoms with E-state index in [4.69, 9.17) is 10.5 Å². The van der Waals surface area contributed by atoms with Crippen LogP contribution in [0.3, 0.4) is 0 Å². The van der Waals surface area contributed by atoms with Gasteiger partial charge in [-0.25, -0.2) is 0 Å². The third-order valence-electron chi connectivity index (χ3n) is 4.36. The van der Waals surface area contributed by atoms with Gasteiger partial charge in [0.15, 0.2) is 0 Å². The predicted octanol–water partition coefficient (Wildman–Crippen LogP) is 2.94.